The number of aryl methyl sites for hydroxylation is 1. The van der Waals surface area contributed by atoms with E-state index in [1.165, 1.54) is 5.56 Å². The number of benzene rings is 1. The Hall–Kier alpha value is -2.09. The number of nitrogens with zero attached hydrogens (tertiary/aromatic N) is 1. The summed E-state index contributed by atoms with van der Waals surface area (Å²) < 4.78 is 0. The molecule has 0 fully saturated rings. The maximum Gasteiger partial charge on any atom is 0.131 e. The lowest BCUT2D eigenvalue weighted by Gasteiger charge is -2.08. The fourth-order valence-electron chi connectivity index (χ4n) is 1.88. The highest BCUT2D eigenvalue weighted by Gasteiger charge is 2.06. The van der Waals surface area contributed by atoms with Gasteiger partial charge in [-0.15, -0.1) is 0 Å². The Morgan fingerprint density at radius 3 is 2.19 bits per heavy atom. The Kier molecular flexibility index (Phi) is 6.67. The van der Waals surface area contributed by atoms with Crippen LogP contribution in [0.4, 0.5) is 5.82 Å². The molecule has 0 aliphatic carbocycles. The molecule has 0 spiro atoms. The van der Waals surface area contributed by atoms with Gasteiger partial charge in [0.15, 0.2) is 0 Å². The number of nitrogen functional groups attached to an aromatic ring is 1. The molecule has 1 aromatic carbocycles. The van der Waals surface area contributed by atoms with Gasteiger partial charge in [-0.1, -0.05) is 64.6 Å². The van der Waals surface area contributed by atoms with E-state index >= 15 is 0 Å². The lowest BCUT2D eigenvalue weighted by molar-refractivity contribution is 0.737. The van der Waals surface area contributed by atoms with Gasteiger partial charge in [-0.3, -0.25) is 0 Å². The van der Waals surface area contributed by atoms with Crippen molar-refractivity contribution >= 4 is 11.9 Å². The van der Waals surface area contributed by atoms with Crippen LogP contribution in [-0.4, -0.2) is 4.98 Å². The van der Waals surface area contributed by atoms with Crippen molar-refractivity contribution in [1.29, 1.82) is 0 Å². The second-order valence-corrected chi connectivity index (χ2v) is 5.64. The molecule has 2 heteroatoms. The topological polar surface area (TPSA) is 38.9 Å². The fraction of sp³-hybridized carbons (Fsp3) is 0.316. The summed E-state index contributed by atoms with van der Waals surface area (Å²) in [5.41, 5.74) is 10.3. The molecule has 0 bridgehead atoms. The average Bonchev–Trinajstić information content (AvgIpc) is 2.46. The molecule has 2 aromatic rings. The van der Waals surface area contributed by atoms with Crippen molar-refractivity contribution in [2.45, 2.75) is 34.1 Å². The highest BCUT2D eigenvalue weighted by molar-refractivity contribution is 5.79. The van der Waals surface area contributed by atoms with E-state index in [1.54, 1.807) is 12.3 Å². The highest BCUT2D eigenvalue weighted by atomic mass is 14.8. The predicted octanol–water partition coefficient (Wildman–Crippen LogP) is 5.20. The monoisotopic (exact) mass is 282 g/mol. The van der Waals surface area contributed by atoms with E-state index in [9.17, 15) is 0 Å². The first kappa shape index (κ1) is 17.0. The molecular weight excluding hydrogens is 256 g/mol. The van der Waals surface area contributed by atoms with Gasteiger partial charge < -0.3 is 5.73 Å². The van der Waals surface area contributed by atoms with Crippen molar-refractivity contribution in [2.24, 2.45) is 5.92 Å². The standard InChI is InChI=1S/C15H16N2.C4H10/c1-3-11-5-7-12(8-6-11)14-9-10-17-15(16)13(14)4-2;1-4(2)3/h4-10H,2-3H2,1H3,(H2,16,17);4H,1-3H3. The SMILES string of the molecule is C=Cc1c(-c2ccc(CC)cc2)ccnc1N.CC(C)C. The summed E-state index contributed by atoms with van der Waals surface area (Å²) in [6.07, 6.45) is 4.53. The van der Waals surface area contributed by atoms with Crippen molar-refractivity contribution in [3.8, 4) is 11.1 Å². The quantitative estimate of drug-likeness (QED) is 0.840. The average molecular weight is 282 g/mol. The van der Waals surface area contributed by atoms with E-state index < -0.39 is 0 Å². The Balaban J connectivity index is 0.000000491. The van der Waals surface area contributed by atoms with Crippen LogP contribution in [0.25, 0.3) is 17.2 Å². The van der Waals surface area contributed by atoms with Gasteiger partial charge in [0.25, 0.3) is 0 Å². The fourth-order valence-corrected chi connectivity index (χ4v) is 1.88. The molecule has 1 heterocycles. The first-order valence-corrected chi connectivity index (χ1v) is 7.45. The summed E-state index contributed by atoms with van der Waals surface area (Å²) in [7, 11) is 0. The van der Waals surface area contributed by atoms with Crippen LogP contribution in [0, 0.1) is 5.92 Å². The van der Waals surface area contributed by atoms with Gasteiger partial charge in [-0.25, -0.2) is 4.98 Å². The summed E-state index contributed by atoms with van der Waals surface area (Å²) in [6.45, 7) is 12.4. The smallest absolute Gasteiger partial charge is 0.131 e. The minimum absolute atomic E-state index is 0.525. The molecule has 0 saturated heterocycles. The van der Waals surface area contributed by atoms with Crippen LogP contribution in [0.2, 0.25) is 0 Å². The van der Waals surface area contributed by atoms with E-state index in [4.69, 9.17) is 5.73 Å². The number of rotatable bonds is 3. The van der Waals surface area contributed by atoms with Crippen LogP contribution in [0.3, 0.4) is 0 Å². The molecule has 1 aromatic heterocycles. The molecule has 0 atom stereocenters. The number of aromatic nitrogens is 1. The van der Waals surface area contributed by atoms with Crippen LogP contribution in [-0.2, 0) is 6.42 Å². The Labute approximate surface area is 128 Å². The van der Waals surface area contributed by atoms with Crippen LogP contribution in [0.1, 0.15) is 38.8 Å². The third-order valence-corrected chi connectivity index (χ3v) is 2.90. The summed E-state index contributed by atoms with van der Waals surface area (Å²) in [5, 5.41) is 0. The Morgan fingerprint density at radius 2 is 1.71 bits per heavy atom. The van der Waals surface area contributed by atoms with Crippen LogP contribution < -0.4 is 5.73 Å². The van der Waals surface area contributed by atoms with Gasteiger partial charge in [0, 0.05) is 11.8 Å². The zero-order valence-corrected chi connectivity index (χ0v) is 13.6. The van der Waals surface area contributed by atoms with Gasteiger partial charge in [-0.05, 0) is 35.1 Å². The molecule has 2 N–H and O–H groups in total. The predicted molar refractivity (Wildman–Crippen MR) is 94.1 cm³/mol. The van der Waals surface area contributed by atoms with Crippen LogP contribution in [0.5, 0.6) is 0 Å². The van der Waals surface area contributed by atoms with Crippen molar-refractivity contribution in [1.82, 2.24) is 4.98 Å². The Bertz CT molecular complexity index is 566. The molecular formula is C19H26N2. The number of pyridine rings is 1. The molecule has 2 rings (SSSR count). The second-order valence-electron chi connectivity index (χ2n) is 5.64. The van der Waals surface area contributed by atoms with E-state index in [-0.39, 0.29) is 0 Å². The number of anilines is 1. The van der Waals surface area contributed by atoms with Crippen molar-refractivity contribution in [2.75, 3.05) is 5.73 Å². The van der Waals surface area contributed by atoms with Gasteiger partial charge in [-0.2, -0.15) is 0 Å². The Morgan fingerprint density at radius 1 is 1.14 bits per heavy atom. The maximum atomic E-state index is 5.84. The summed E-state index contributed by atoms with van der Waals surface area (Å²) in [5.74, 6) is 1.36. The molecule has 112 valence electrons. The molecule has 0 aliphatic rings. The molecule has 0 saturated carbocycles. The molecule has 0 aliphatic heterocycles. The summed E-state index contributed by atoms with van der Waals surface area (Å²) in [4.78, 5) is 4.08. The van der Waals surface area contributed by atoms with Gasteiger partial charge in [0.1, 0.15) is 5.82 Å². The van der Waals surface area contributed by atoms with Crippen LogP contribution >= 0.6 is 0 Å². The number of hydrogen-bond donors (Lipinski definition) is 1. The molecule has 21 heavy (non-hydrogen) atoms. The largest absolute Gasteiger partial charge is 0.383 e. The van der Waals surface area contributed by atoms with Gasteiger partial charge in [0.2, 0.25) is 0 Å². The molecule has 2 nitrogen and oxygen atoms in total. The number of nitrogens with two attached hydrogens (primary N) is 1. The van der Waals surface area contributed by atoms with E-state index in [2.05, 4.69) is 63.5 Å². The third-order valence-electron chi connectivity index (χ3n) is 2.90. The minimum Gasteiger partial charge on any atom is -0.383 e. The summed E-state index contributed by atoms with van der Waals surface area (Å²) in [6, 6.07) is 10.5. The third kappa shape index (κ3) is 5.07. The summed E-state index contributed by atoms with van der Waals surface area (Å²) >= 11 is 0. The lowest BCUT2D eigenvalue weighted by atomic mass is 9.99. The van der Waals surface area contributed by atoms with Crippen molar-refractivity contribution in [3.63, 3.8) is 0 Å². The number of hydrogen-bond acceptors (Lipinski definition) is 2. The maximum absolute atomic E-state index is 5.84. The zero-order valence-electron chi connectivity index (χ0n) is 13.6. The van der Waals surface area contributed by atoms with E-state index in [0.29, 0.717) is 5.82 Å². The molecule has 0 amide bonds. The van der Waals surface area contributed by atoms with E-state index in [0.717, 1.165) is 29.0 Å². The first-order chi connectivity index (χ1) is 9.99. The lowest BCUT2D eigenvalue weighted by Crippen LogP contribution is -1.95. The highest BCUT2D eigenvalue weighted by Crippen LogP contribution is 2.27. The van der Waals surface area contributed by atoms with Crippen molar-refractivity contribution in [3.05, 3.63) is 54.2 Å². The van der Waals surface area contributed by atoms with Gasteiger partial charge in [0.05, 0.1) is 0 Å². The van der Waals surface area contributed by atoms with Gasteiger partial charge >= 0.3 is 0 Å². The zero-order chi connectivity index (χ0) is 15.8. The molecule has 0 unspecified atom stereocenters. The first-order valence-electron chi connectivity index (χ1n) is 7.45. The second kappa shape index (κ2) is 8.25. The minimum atomic E-state index is 0.525. The molecule has 0 radical (unpaired) electrons. The van der Waals surface area contributed by atoms with Crippen LogP contribution in [0.15, 0.2) is 43.1 Å². The van der Waals surface area contributed by atoms with E-state index in [1.807, 2.05) is 6.07 Å². The normalized spacial score (nSPS) is 9.95. The van der Waals surface area contributed by atoms with Crippen molar-refractivity contribution < 1.29 is 0 Å².